The second-order valence-corrected chi connectivity index (χ2v) is 3.68. The van der Waals surface area contributed by atoms with E-state index < -0.39 is 0 Å². The maximum absolute atomic E-state index is 10.2. The van der Waals surface area contributed by atoms with Crippen LogP contribution < -0.4 is 5.32 Å². The lowest BCUT2D eigenvalue weighted by Crippen LogP contribution is -2.26. The van der Waals surface area contributed by atoms with Crippen molar-refractivity contribution < 1.29 is 14.6 Å². The minimum Gasteiger partial charge on any atom is -0.512 e. The van der Waals surface area contributed by atoms with E-state index in [4.69, 9.17) is 15.3 Å². The molecule has 2 unspecified atom stereocenters. The molecule has 0 aromatic carbocycles. The molecule has 5 heteroatoms. The second kappa shape index (κ2) is 5.38. The number of allylic oxidation sites excluding steroid dienone is 1. The average Bonchev–Trinajstić information content (AvgIpc) is 2.51. The van der Waals surface area contributed by atoms with Crippen LogP contribution in [0.2, 0.25) is 0 Å². The third kappa shape index (κ3) is 4.01. The van der Waals surface area contributed by atoms with Crippen LogP contribution in [-0.4, -0.2) is 29.6 Å². The van der Waals surface area contributed by atoms with Crippen LogP contribution in [0.1, 0.15) is 26.2 Å². The van der Waals surface area contributed by atoms with Crippen molar-refractivity contribution in [2.75, 3.05) is 0 Å². The minimum atomic E-state index is -0.0365. The fraction of sp³-hybridized carbons (Fsp3) is 0.600. The molecule has 1 saturated carbocycles. The van der Waals surface area contributed by atoms with E-state index in [1.807, 2.05) is 0 Å². The smallest absolute Gasteiger partial charge is 0.209 e. The third-order valence-corrected chi connectivity index (χ3v) is 2.32. The molecule has 0 heterocycles. The molecule has 0 radical (unpaired) electrons. The highest BCUT2D eigenvalue weighted by atomic mass is 16.5. The number of amides is 1. The Hall–Kier alpha value is -1.52. The number of ether oxygens (including phenoxy) is 1. The Morgan fingerprint density at radius 3 is 2.93 bits per heavy atom. The van der Waals surface area contributed by atoms with Crippen molar-refractivity contribution in [1.29, 1.82) is 5.41 Å². The van der Waals surface area contributed by atoms with Crippen LogP contribution in [-0.2, 0) is 9.53 Å². The lowest BCUT2D eigenvalue weighted by molar-refractivity contribution is -0.110. The van der Waals surface area contributed by atoms with Crippen LogP contribution in [0.15, 0.2) is 11.8 Å². The molecule has 0 saturated heterocycles. The molecule has 1 aliphatic rings. The zero-order valence-corrected chi connectivity index (χ0v) is 8.69. The van der Waals surface area contributed by atoms with Gasteiger partial charge >= 0.3 is 0 Å². The van der Waals surface area contributed by atoms with Gasteiger partial charge in [0.05, 0.1) is 5.76 Å². The first kappa shape index (κ1) is 11.6. The Morgan fingerprint density at radius 2 is 2.33 bits per heavy atom. The SMILES string of the molecule is C/C(O)=C/C(=N)OC1CCC(NC=O)C1. The number of rotatable bonds is 4. The molecule has 0 spiro atoms. The third-order valence-electron chi connectivity index (χ3n) is 2.32. The summed E-state index contributed by atoms with van der Waals surface area (Å²) in [5, 5.41) is 19.0. The van der Waals surface area contributed by atoms with Gasteiger partial charge in [-0.25, -0.2) is 0 Å². The molecule has 1 fully saturated rings. The van der Waals surface area contributed by atoms with Gasteiger partial charge in [-0.2, -0.15) is 0 Å². The van der Waals surface area contributed by atoms with Gasteiger partial charge in [0.1, 0.15) is 6.10 Å². The summed E-state index contributed by atoms with van der Waals surface area (Å²) in [6.45, 7) is 1.49. The Morgan fingerprint density at radius 1 is 1.60 bits per heavy atom. The van der Waals surface area contributed by atoms with Crippen molar-refractivity contribution in [2.24, 2.45) is 0 Å². The van der Waals surface area contributed by atoms with E-state index in [9.17, 15) is 4.79 Å². The van der Waals surface area contributed by atoms with Crippen molar-refractivity contribution in [1.82, 2.24) is 5.32 Å². The average molecular weight is 212 g/mol. The van der Waals surface area contributed by atoms with Crippen LogP contribution >= 0.6 is 0 Å². The normalized spacial score (nSPS) is 26.1. The molecule has 5 nitrogen and oxygen atoms in total. The summed E-state index contributed by atoms with van der Waals surface area (Å²) in [7, 11) is 0. The highest BCUT2D eigenvalue weighted by Crippen LogP contribution is 2.22. The summed E-state index contributed by atoms with van der Waals surface area (Å²) < 4.78 is 5.29. The van der Waals surface area contributed by atoms with Crippen molar-refractivity contribution in [3.63, 3.8) is 0 Å². The molecular weight excluding hydrogens is 196 g/mol. The summed E-state index contributed by atoms with van der Waals surface area (Å²) in [6, 6.07) is 0.152. The van der Waals surface area contributed by atoms with Crippen LogP contribution in [0, 0.1) is 5.41 Å². The Labute approximate surface area is 88.6 Å². The highest BCUT2D eigenvalue weighted by molar-refractivity contribution is 5.85. The summed E-state index contributed by atoms with van der Waals surface area (Å²) >= 11 is 0. The molecule has 1 aliphatic carbocycles. The number of hydrogen-bond donors (Lipinski definition) is 3. The van der Waals surface area contributed by atoms with Crippen molar-refractivity contribution in [3.05, 3.63) is 11.8 Å². The van der Waals surface area contributed by atoms with Gasteiger partial charge in [-0.1, -0.05) is 0 Å². The number of carbonyl (C=O) groups is 1. The van der Waals surface area contributed by atoms with Crippen LogP contribution in [0.4, 0.5) is 0 Å². The summed E-state index contributed by atoms with van der Waals surface area (Å²) in [4.78, 5) is 10.2. The number of aliphatic hydroxyl groups excluding tert-OH is 1. The lowest BCUT2D eigenvalue weighted by Gasteiger charge is -2.12. The molecule has 0 aromatic heterocycles. The van der Waals surface area contributed by atoms with Gasteiger partial charge in [-0.05, 0) is 19.8 Å². The van der Waals surface area contributed by atoms with E-state index in [0.717, 1.165) is 19.3 Å². The Bertz CT molecular complexity index is 272. The van der Waals surface area contributed by atoms with Gasteiger partial charge in [0, 0.05) is 18.5 Å². The first-order valence-electron chi connectivity index (χ1n) is 4.94. The first-order valence-corrected chi connectivity index (χ1v) is 4.94. The second-order valence-electron chi connectivity index (χ2n) is 3.68. The predicted molar refractivity (Wildman–Crippen MR) is 55.8 cm³/mol. The van der Waals surface area contributed by atoms with Crippen LogP contribution in [0.5, 0.6) is 0 Å². The van der Waals surface area contributed by atoms with E-state index in [-0.39, 0.29) is 23.8 Å². The monoisotopic (exact) mass is 212 g/mol. The Kier molecular flexibility index (Phi) is 4.15. The van der Waals surface area contributed by atoms with Gasteiger partial charge in [0.2, 0.25) is 12.3 Å². The molecule has 1 rings (SSSR count). The maximum atomic E-state index is 10.2. The van der Waals surface area contributed by atoms with E-state index in [1.54, 1.807) is 0 Å². The molecule has 0 bridgehead atoms. The van der Waals surface area contributed by atoms with E-state index in [0.29, 0.717) is 6.41 Å². The summed E-state index contributed by atoms with van der Waals surface area (Å²) in [6.07, 6.45) is 4.34. The fourth-order valence-corrected chi connectivity index (χ4v) is 1.70. The van der Waals surface area contributed by atoms with Crippen LogP contribution in [0.3, 0.4) is 0 Å². The van der Waals surface area contributed by atoms with Gasteiger partial charge in [-0.15, -0.1) is 0 Å². The highest BCUT2D eigenvalue weighted by Gasteiger charge is 2.25. The standard InChI is InChI=1S/C10H16N2O3/c1-7(14)4-10(11)15-9-3-2-8(5-9)12-6-13/h4,6,8-9,11,14H,2-3,5H2,1H3,(H,12,13)/b7-4-,11-10?. The summed E-state index contributed by atoms with van der Waals surface area (Å²) in [5.41, 5.74) is 0. The van der Waals surface area contributed by atoms with Gasteiger partial charge < -0.3 is 15.2 Å². The van der Waals surface area contributed by atoms with Crippen LogP contribution in [0.25, 0.3) is 0 Å². The van der Waals surface area contributed by atoms with Gasteiger partial charge in [0.25, 0.3) is 0 Å². The molecule has 3 N–H and O–H groups in total. The molecular formula is C10H16N2O3. The zero-order chi connectivity index (χ0) is 11.3. The molecule has 0 aromatic rings. The van der Waals surface area contributed by atoms with Gasteiger partial charge in [0.15, 0.2) is 0 Å². The number of hydrogen-bond acceptors (Lipinski definition) is 4. The minimum absolute atomic E-state index is 0.0354. The topological polar surface area (TPSA) is 82.4 Å². The number of carbonyl (C=O) groups excluding carboxylic acids is 1. The Balaban J connectivity index is 2.32. The number of nitrogens with one attached hydrogen (secondary N) is 2. The fourth-order valence-electron chi connectivity index (χ4n) is 1.70. The van der Waals surface area contributed by atoms with E-state index in [1.165, 1.54) is 13.0 Å². The quantitative estimate of drug-likeness (QED) is 0.282. The lowest BCUT2D eigenvalue weighted by atomic mass is 10.2. The molecule has 0 aliphatic heterocycles. The first-order chi connectivity index (χ1) is 7.11. The van der Waals surface area contributed by atoms with E-state index >= 15 is 0 Å². The maximum Gasteiger partial charge on any atom is 0.209 e. The molecule has 2 atom stereocenters. The van der Waals surface area contributed by atoms with Crippen molar-refractivity contribution in [2.45, 2.75) is 38.3 Å². The molecule has 1 amide bonds. The van der Waals surface area contributed by atoms with Crippen molar-refractivity contribution >= 4 is 12.3 Å². The predicted octanol–water partition coefficient (Wildman–Crippen LogP) is 1.11. The molecule has 15 heavy (non-hydrogen) atoms. The largest absolute Gasteiger partial charge is 0.512 e. The summed E-state index contributed by atoms with van der Waals surface area (Å²) in [5.74, 6) is 0.0207. The zero-order valence-electron chi connectivity index (χ0n) is 8.69. The number of aliphatic hydroxyl groups is 1. The van der Waals surface area contributed by atoms with E-state index in [2.05, 4.69) is 5.32 Å². The molecule has 84 valence electrons. The van der Waals surface area contributed by atoms with Crippen molar-refractivity contribution in [3.8, 4) is 0 Å². The van der Waals surface area contributed by atoms with Gasteiger partial charge in [-0.3, -0.25) is 10.2 Å².